The molecular formula is C18H28N2O4. The molecule has 134 valence electrons. The van der Waals surface area contributed by atoms with Gasteiger partial charge in [-0.2, -0.15) is 0 Å². The van der Waals surface area contributed by atoms with Crippen LogP contribution in [-0.4, -0.2) is 30.7 Å². The fourth-order valence-electron chi connectivity index (χ4n) is 1.65. The monoisotopic (exact) mass is 336 g/mol. The molecule has 24 heavy (non-hydrogen) atoms. The van der Waals surface area contributed by atoms with E-state index in [4.69, 9.17) is 16.2 Å². The first kappa shape index (κ1) is 21.7. The summed E-state index contributed by atoms with van der Waals surface area (Å²) in [7, 11) is 1.34. The van der Waals surface area contributed by atoms with Crippen LogP contribution in [-0.2, 0) is 25.5 Å². The molecule has 0 aromatic heterocycles. The standard InChI is InChI=1S/C10H13NO2.C8H15NO2/c1-13-10(12)9(11)7-8-5-3-2-4-6-8;1-8(2,3)11-7(10)5-4-6-9/h2-6,9H,7,11H2,1H3;4,6H,5,9H2,1-3H3/t9-;/m0./s1. The summed E-state index contributed by atoms with van der Waals surface area (Å²) in [5.41, 5.74) is 11.3. The van der Waals surface area contributed by atoms with Crippen molar-refractivity contribution in [1.29, 1.82) is 0 Å². The van der Waals surface area contributed by atoms with E-state index in [9.17, 15) is 9.59 Å². The van der Waals surface area contributed by atoms with Gasteiger partial charge in [-0.05, 0) is 39.0 Å². The van der Waals surface area contributed by atoms with E-state index in [0.29, 0.717) is 6.42 Å². The molecule has 0 amide bonds. The molecule has 0 fully saturated rings. The van der Waals surface area contributed by atoms with Gasteiger partial charge < -0.3 is 20.9 Å². The molecule has 0 spiro atoms. The molecule has 0 aliphatic heterocycles. The van der Waals surface area contributed by atoms with Crippen LogP contribution in [0.15, 0.2) is 42.6 Å². The van der Waals surface area contributed by atoms with Crippen molar-refractivity contribution in [3.8, 4) is 0 Å². The Bertz CT molecular complexity index is 522. The molecule has 0 aliphatic carbocycles. The Kier molecular flexibility index (Phi) is 10.1. The van der Waals surface area contributed by atoms with Crippen molar-refractivity contribution in [2.24, 2.45) is 11.5 Å². The number of carbonyl (C=O) groups is 2. The summed E-state index contributed by atoms with van der Waals surface area (Å²) in [5.74, 6) is -0.622. The summed E-state index contributed by atoms with van der Waals surface area (Å²) in [6.45, 7) is 5.49. The van der Waals surface area contributed by atoms with E-state index < -0.39 is 11.6 Å². The second-order valence-corrected chi connectivity index (χ2v) is 6.04. The van der Waals surface area contributed by atoms with Gasteiger partial charge in [-0.3, -0.25) is 9.59 Å². The van der Waals surface area contributed by atoms with Crippen LogP contribution in [0.25, 0.3) is 0 Å². The molecule has 0 heterocycles. The van der Waals surface area contributed by atoms with Gasteiger partial charge in [0.1, 0.15) is 11.6 Å². The maximum Gasteiger partial charge on any atom is 0.322 e. The topological polar surface area (TPSA) is 105 Å². The highest BCUT2D eigenvalue weighted by molar-refractivity contribution is 5.75. The summed E-state index contributed by atoms with van der Waals surface area (Å²) in [6, 6.07) is 9.06. The molecule has 0 saturated heterocycles. The largest absolute Gasteiger partial charge is 0.468 e. The van der Waals surface area contributed by atoms with E-state index >= 15 is 0 Å². The van der Waals surface area contributed by atoms with Gasteiger partial charge in [0.25, 0.3) is 0 Å². The Balaban J connectivity index is 0.000000449. The van der Waals surface area contributed by atoms with E-state index in [-0.39, 0.29) is 18.4 Å². The number of nitrogens with two attached hydrogens (primary N) is 2. The van der Waals surface area contributed by atoms with Crippen molar-refractivity contribution >= 4 is 11.9 Å². The number of ether oxygens (including phenoxy) is 2. The number of rotatable bonds is 5. The number of hydrogen-bond donors (Lipinski definition) is 2. The molecule has 6 heteroatoms. The van der Waals surface area contributed by atoms with E-state index in [1.165, 1.54) is 13.3 Å². The first-order chi connectivity index (χ1) is 11.2. The lowest BCUT2D eigenvalue weighted by molar-refractivity contribution is -0.153. The van der Waals surface area contributed by atoms with Crippen molar-refractivity contribution in [3.63, 3.8) is 0 Å². The van der Waals surface area contributed by atoms with Crippen LogP contribution in [0.3, 0.4) is 0 Å². The van der Waals surface area contributed by atoms with E-state index in [1.54, 1.807) is 6.08 Å². The summed E-state index contributed by atoms with van der Waals surface area (Å²) in [6.07, 6.45) is 3.67. The highest BCUT2D eigenvalue weighted by atomic mass is 16.6. The van der Waals surface area contributed by atoms with Crippen molar-refractivity contribution in [3.05, 3.63) is 48.2 Å². The van der Waals surface area contributed by atoms with E-state index in [2.05, 4.69) is 4.74 Å². The zero-order chi connectivity index (χ0) is 18.6. The van der Waals surface area contributed by atoms with Crippen molar-refractivity contribution in [2.75, 3.05) is 7.11 Å². The van der Waals surface area contributed by atoms with Crippen LogP contribution in [0.2, 0.25) is 0 Å². The number of carbonyl (C=O) groups excluding carboxylic acids is 2. The third-order valence-electron chi connectivity index (χ3n) is 2.64. The van der Waals surface area contributed by atoms with Gasteiger partial charge in [0.2, 0.25) is 0 Å². The molecule has 6 nitrogen and oxygen atoms in total. The fraction of sp³-hybridized carbons (Fsp3) is 0.444. The molecular weight excluding hydrogens is 308 g/mol. The minimum absolute atomic E-state index is 0.244. The Morgan fingerprint density at radius 3 is 2.25 bits per heavy atom. The lowest BCUT2D eigenvalue weighted by Crippen LogP contribution is -2.33. The van der Waals surface area contributed by atoms with Crippen molar-refractivity contribution < 1.29 is 19.1 Å². The average molecular weight is 336 g/mol. The molecule has 0 unspecified atom stereocenters. The zero-order valence-electron chi connectivity index (χ0n) is 14.8. The summed E-state index contributed by atoms with van der Waals surface area (Å²) in [5, 5.41) is 0. The van der Waals surface area contributed by atoms with Gasteiger partial charge in [-0.25, -0.2) is 0 Å². The van der Waals surface area contributed by atoms with Gasteiger partial charge in [0.05, 0.1) is 13.5 Å². The Hall–Kier alpha value is -2.34. The molecule has 1 aromatic rings. The van der Waals surface area contributed by atoms with Gasteiger partial charge in [0.15, 0.2) is 0 Å². The second-order valence-electron chi connectivity index (χ2n) is 6.04. The quantitative estimate of drug-likeness (QED) is 0.796. The van der Waals surface area contributed by atoms with E-state index in [0.717, 1.165) is 5.56 Å². The molecule has 4 N–H and O–H groups in total. The van der Waals surface area contributed by atoms with Gasteiger partial charge >= 0.3 is 11.9 Å². The zero-order valence-corrected chi connectivity index (χ0v) is 14.8. The molecule has 1 aromatic carbocycles. The number of benzene rings is 1. The fourth-order valence-corrected chi connectivity index (χ4v) is 1.65. The lowest BCUT2D eigenvalue weighted by Gasteiger charge is -2.18. The molecule has 0 bridgehead atoms. The Morgan fingerprint density at radius 1 is 1.21 bits per heavy atom. The molecule has 0 aliphatic rings. The summed E-state index contributed by atoms with van der Waals surface area (Å²) in [4.78, 5) is 21.9. The number of esters is 2. The SMILES string of the molecule is CC(C)(C)OC(=O)CC=CN.COC(=O)[C@@H](N)Cc1ccccc1. The van der Waals surface area contributed by atoms with Crippen molar-refractivity contribution in [2.45, 2.75) is 45.3 Å². The summed E-state index contributed by atoms with van der Waals surface area (Å²) < 4.78 is 9.51. The number of hydrogen-bond acceptors (Lipinski definition) is 6. The van der Waals surface area contributed by atoms with Gasteiger partial charge in [-0.1, -0.05) is 36.4 Å². The summed E-state index contributed by atoms with van der Waals surface area (Å²) >= 11 is 0. The maximum atomic E-state index is 11.0. The lowest BCUT2D eigenvalue weighted by atomic mass is 10.1. The van der Waals surface area contributed by atoms with Crippen LogP contribution in [0.4, 0.5) is 0 Å². The third-order valence-corrected chi connectivity index (χ3v) is 2.64. The van der Waals surface area contributed by atoms with Crippen LogP contribution in [0.1, 0.15) is 32.8 Å². The average Bonchev–Trinajstić information content (AvgIpc) is 2.52. The Labute approximate surface area is 143 Å². The van der Waals surface area contributed by atoms with Gasteiger partial charge in [-0.15, -0.1) is 0 Å². The van der Waals surface area contributed by atoms with Crippen LogP contribution >= 0.6 is 0 Å². The minimum atomic E-state index is -0.563. The first-order valence-corrected chi connectivity index (χ1v) is 7.65. The highest BCUT2D eigenvalue weighted by Gasteiger charge is 2.14. The highest BCUT2D eigenvalue weighted by Crippen LogP contribution is 2.08. The maximum absolute atomic E-state index is 11.0. The molecule has 1 atom stereocenters. The molecule has 0 radical (unpaired) electrons. The second kappa shape index (κ2) is 11.2. The molecule has 0 saturated carbocycles. The predicted octanol–water partition coefficient (Wildman–Crippen LogP) is 1.92. The van der Waals surface area contributed by atoms with Crippen LogP contribution < -0.4 is 11.5 Å². The van der Waals surface area contributed by atoms with Crippen LogP contribution in [0, 0.1) is 0 Å². The first-order valence-electron chi connectivity index (χ1n) is 7.65. The number of methoxy groups -OCH3 is 1. The predicted molar refractivity (Wildman–Crippen MR) is 93.9 cm³/mol. The smallest absolute Gasteiger partial charge is 0.322 e. The Morgan fingerprint density at radius 2 is 1.79 bits per heavy atom. The minimum Gasteiger partial charge on any atom is -0.468 e. The van der Waals surface area contributed by atoms with Crippen molar-refractivity contribution in [1.82, 2.24) is 0 Å². The van der Waals surface area contributed by atoms with Gasteiger partial charge in [0, 0.05) is 0 Å². The van der Waals surface area contributed by atoms with Crippen LogP contribution in [0.5, 0.6) is 0 Å². The molecule has 1 rings (SSSR count). The normalized spacial score (nSPS) is 12.0. The van der Waals surface area contributed by atoms with E-state index in [1.807, 2.05) is 51.1 Å². The third kappa shape index (κ3) is 11.3.